The van der Waals surface area contributed by atoms with E-state index in [1.54, 1.807) is 17.9 Å². The topological polar surface area (TPSA) is 80.0 Å². The molecule has 2 aromatic rings. The minimum atomic E-state index is -0.963. The lowest BCUT2D eigenvalue weighted by molar-refractivity contribution is 0.0697. The molecule has 6 heteroatoms. The Morgan fingerprint density at radius 2 is 2.28 bits per heavy atom. The molecule has 0 atom stereocenters. The Labute approximate surface area is 104 Å². The molecule has 0 radical (unpaired) electrons. The van der Waals surface area contributed by atoms with Crippen molar-refractivity contribution in [1.29, 1.82) is 0 Å². The number of rotatable bonds is 3. The van der Waals surface area contributed by atoms with Crippen LogP contribution < -0.4 is 5.32 Å². The first kappa shape index (κ1) is 11.0. The molecular formula is C12H14N4O2. The van der Waals surface area contributed by atoms with E-state index in [9.17, 15) is 9.90 Å². The first-order chi connectivity index (χ1) is 8.66. The predicted molar refractivity (Wildman–Crippen MR) is 66.7 cm³/mol. The second-order valence-electron chi connectivity index (χ2n) is 4.63. The zero-order chi connectivity index (χ0) is 12.7. The van der Waals surface area contributed by atoms with Crippen LogP contribution in [0.3, 0.4) is 0 Å². The van der Waals surface area contributed by atoms with Crippen molar-refractivity contribution in [2.24, 2.45) is 7.05 Å². The molecule has 0 bridgehead atoms. The van der Waals surface area contributed by atoms with Crippen LogP contribution in [-0.4, -0.2) is 31.9 Å². The van der Waals surface area contributed by atoms with E-state index in [1.807, 2.05) is 0 Å². The number of nitrogens with zero attached hydrogens (tertiary/aromatic N) is 3. The maximum atomic E-state index is 11.3. The summed E-state index contributed by atoms with van der Waals surface area (Å²) >= 11 is 0. The second-order valence-corrected chi connectivity index (χ2v) is 4.63. The number of aromatic nitrogens is 3. The van der Waals surface area contributed by atoms with Gasteiger partial charge in [0, 0.05) is 19.3 Å². The molecule has 2 N–H and O–H groups in total. The van der Waals surface area contributed by atoms with E-state index >= 15 is 0 Å². The highest BCUT2D eigenvalue weighted by molar-refractivity contribution is 6.03. The van der Waals surface area contributed by atoms with Crippen LogP contribution >= 0.6 is 0 Å². The number of nitrogens with one attached hydrogen (secondary N) is 1. The molecule has 2 heterocycles. The summed E-state index contributed by atoms with van der Waals surface area (Å²) < 4.78 is 1.65. The van der Waals surface area contributed by atoms with Gasteiger partial charge in [-0.1, -0.05) is 0 Å². The largest absolute Gasteiger partial charge is 0.478 e. The molecule has 0 amide bonds. The number of pyridine rings is 1. The van der Waals surface area contributed by atoms with Crippen molar-refractivity contribution in [2.75, 3.05) is 5.32 Å². The summed E-state index contributed by atoms with van der Waals surface area (Å²) in [4.78, 5) is 15.4. The van der Waals surface area contributed by atoms with E-state index in [1.165, 1.54) is 12.6 Å². The van der Waals surface area contributed by atoms with E-state index in [-0.39, 0.29) is 5.56 Å². The zero-order valence-electron chi connectivity index (χ0n) is 10.1. The lowest BCUT2D eigenvalue weighted by Crippen LogP contribution is -2.28. The van der Waals surface area contributed by atoms with Gasteiger partial charge in [-0.2, -0.15) is 5.10 Å². The number of carbonyl (C=O) groups is 1. The van der Waals surface area contributed by atoms with Gasteiger partial charge >= 0.3 is 5.97 Å². The second kappa shape index (κ2) is 3.97. The average molecular weight is 246 g/mol. The summed E-state index contributed by atoms with van der Waals surface area (Å²) in [6, 6.07) is 0.369. The van der Waals surface area contributed by atoms with E-state index in [4.69, 9.17) is 0 Å². The molecule has 0 aliphatic heterocycles. The summed E-state index contributed by atoms with van der Waals surface area (Å²) in [6.07, 6.45) is 6.43. The normalized spacial score (nSPS) is 15.6. The number of fused-ring (bicyclic) bond motifs is 1. The fourth-order valence-corrected chi connectivity index (χ4v) is 2.17. The Morgan fingerprint density at radius 3 is 2.89 bits per heavy atom. The first-order valence-electron chi connectivity index (χ1n) is 5.97. The summed E-state index contributed by atoms with van der Waals surface area (Å²) in [7, 11) is 1.79. The SMILES string of the molecule is Cn1ncc2c(NC3CCC3)c(C(=O)O)cnc21. The standard InChI is InChI=1S/C12H14N4O2/c1-16-11-8(6-14-16)10(15-7-3-2-4-7)9(5-13-11)12(17)18/h5-7H,2-4H2,1H3,(H,13,15)(H,17,18). The third-order valence-electron chi connectivity index (χ3n) is 3.45. The summed E-state index contributed by atoms with van der Waals surface area (Å²) in [5.74, 6) is -0.963. The van der Waals surface area contributed by atoms with Crippen molar-refractivity contribution < 1.29 is 9.90 Å². The number of anilines is 1. The molecule has 6 nitrogen and oxygen atoms in total. The number of carboxylic acid groups (broad SMARTS) is 1. The lowest BCUT2D eigenvalue weighted by Gasteiger charge is -2.28. The van der Waals surface area contributed by atoms with Gasteiger partial charge in [0.15, 0.2) is 5.65 Å². The maximum Gasteiger partial charge on any atom is 0.339 e. The quantitative estimate of drug-likeness (QED) is 0.860. The molecule has 2 aromatic heterocycles. The third kappa shape index (κ3) is 1.61. The van der Waals surface area contributed by atoms with Gasteiger partial charge in [0.25, 0.3) is 0 Å². The highest BCUT2D eigenvalue weighted by Crippen LogP contribution is 2.30. The van der Waals surface area contributed by atoms with Gasteiger partial charge < -0.3 is 10.4 Å². The minimum Gasteiger partial charge on any atom is -0.478 e. The van der Waals surface area contributed by atoms with Crippen LogP contribution in [0, 0.1) is 0 Å². The Morgan fingerprint density at radius 1 is 1.50 bits per heavy atom. The Balaban J connectivity index is 2.14. The number of hydrogen-bond donors (Lipinski definition) is 2. The molecule has 1 aliphatic carbocycles. The van der Waals surface area contributed by atoms with Crippen LogP contribution in [0.1, 0.15) is 29.6 Å². The Kier molecular flexibility index (Phi) is 2.43. The van der Waals surface area contributed by atoms with E-state index in [0.717, 1.165) is 18.2 Å². The van der Waals surface area contributed by atoms with Gasteiger partial charge in [-0.25, -0.2) is 9.78 Å². The molecule has 18 heavy (non-hydrogen) atoms. The van der Waals surface area contributed by atoms with Crippen LogP contribution in [0.2, 0.25) is 0 Å². The van der Waals surface area contributed by atoms with Crippen molar-refractivity contribution in [3.05, 3.63) is 18.0 Å². The van der Waals surface area contributed by atoms with Crippen LogP contribution in [-0.2, 0) is 7.05 Å². The van der Waals surface area contributed by atoms with Gasteiger partial charge in [0.2, 0.25) is 0 Å². The number of carboxylic acids is 1. The molecule has 1 saturated carbocycles. The van der Waals surface area contributed by atoms with Crippen LogP contribution in [0.5, 0.6) is 0 Å². The van der Waals surface area contributed by atoms with Crippen molar-refractivity contribution >= 4 is 22.7 Å². The van der Waals surface area contributed by atoms with Crippen LogP contribution in [0.25, 0.3) is 11.0 Å². The number of aromatic carboxylic acids is 1. The number of aryl methyl sites for hydroxylation is 1. The van der Waals surface area contributed by atoms with Gasteiger partial charge in [-0.3, -0.25) is 4.68 Å². The average Bonchev–Trinajstić information content (AvgIpc) is 2.65. The van der Waals surface area contributed by atoms with Gasteiger partial charge in [0.1, 0.15) is 5.56 Å². The maximum absolute atomic E-state index is 11.3. The lowest BCUT2D eigenvalue weighted by atomic mass is 9.92. The monoisotopic (exact) mass is 246 g/mol. The van der Waals surface area contributed by atoms with E-state index in [0.29, 0.717) is 17.4 Å². The molecule has 94 valence electrons. The number of hydrogen-bond acceptors (Lipinski definition) is 4. The molecule has 0 aromatic carbocycles. The minimum absolute atomic E-state index is 0.211. The zero-order valence-corrected chi connectivity index (χ0v) is 10.1. The fourth-order valence-electron chi connectivity index (χ4n) is 2.17. The Hall–Kier alpha value is -2.11. The van der Waals surface area contributed by atoms with E-state index < -0.39 is 5.97 Å². The summed E-state index contributed by atoms with van der Waals surface area (Å²) in [5, 5.41) is 17.4. The van der Waals surface area contributed by atoms with Gasteiger partial charge in [-0.05, 0) is 19.3 Å². The van der Waals surface area contributed by atoms with Gasteiger partial charge in [0.05, 0.1) is 17.3 Å². The molecule has 1 aliphatic rings. The summed E-state index contributed by atoms with van der Waals surface area (Å²) in [5.41, 5.74) is 1.55. The van der Waals surface area contributed by atoms with E-state index in [2.05, 4.69) is 15.4 Å². The Bertz CT molecular complexity index is 616. The highest BCUT2D eigenvalue weighted by atomic mass is 16.4. The van der Waals surface area contributed by atoms with Gasteiger partial charge in [-0.15, -0.1) is 0 Å². The smallest absolute Gasteiger partial charge is 0.339 e. The summed E-state index contributed by atoms with van der Waals surface area (Å²) in [6.45, 7) is 0. The van der Waals surface area contributed by atoms with Crippen molar-refractivity contribution in [3.8, 4) is 0 Å². The fraction of sp³-hybridized carbons (Fsp3) is 0.417. The molecule has 0 unspecified atom stereocenters. The van der Waals surface area contributed by atoms with Crippen molar-refractivity contribution in [1.82, 2.24) is 14.8 Å². The molecule has 0 spiro atoms. The van der Waals surface area contributed by atoms with Crippen LogP contribution in [0.4, 0.5) is 5.69 Å². The third-order valence-corrected chi connectivity index (χ3v) is 3.45. The molecule has 0 saturated heterocycles. The highest BCUT2D eigenvalue weighted by Gasteiger charge is 2.22. The molecule has 1 fully saturated rings. The van der Waals surface area contributed by atoms with Crippen LogP contribution in [0.15, 0.2) is 12.4 Å². The van der Waals surface area contributed by atoms with Crippen molar-refractivity contribution in [2.45, 2.75) is 25.3 Å². The predicted octanol–water partition coefficient (Wildman–Crippen LogP) is 1.63. The molecule has 3 rings (SSSR count). The van der Waals surface area contributed by atoms with Crippen molar-refractivity contribution in [3.63, 3.8) is 0 Å². The first-order valence-corrected chi connectivity index (χ1v) is 5.97. The molecular weight excluding hydrogens is 232 g/mol.